The van der Waals surface area contributed by atoms with Gasteiger partial charge in [0.25, 0.3) is 5.91 Å². The second-order valence-corrected chi connectivity index (χ2v) is 3.81. The molecule has 0 aromatic carbocycles. The summed E-state index contributed by atoms with van der Waals surface area (Å²) in [5.41, 5.74) is 2.05. The van der Waals surface area contributed by atoms with Crippen molar-refractivity contribution in [2.24, 2.45) is 0 Å². The van der Waals surface area contributed by atoms with Crippen molar-refractivity contribution in [1.82, 2.24) is 20.8 Å². The van der Waals surface area contributed by atoms with E-state index in [4.69, 9.17) is 0 Å². The molecule has 0 bridgehead atoms. The monoisotopic (exact) mass is 206 g/mol. The third-order valence-corrected chi connectivity index (χ3v) is 2.46. The molecular formula is C10H14N4O. The molecule has 0 aliphatic carbocycles. The van der Waals surface area contributed by atoms with E-state index < -0.39 is 0 Å². The highest BCUT2D eigenvalue weighted by Crippen LogP contribution is 2.06. The van der Waals surface area contributed by atoms with Crippen LogP contribution in [0.2, 0.25) is 0 Å². The topological polar surface area (TPSA) is 66.9 Å². The summed E-state index contributed by atoms with van der Waals surface area (Å²) in [5.74, 6) is -0.0583. The number of carbonyl (C=O) groups excluding carboxylic acids is 1. The molecule has 1 aliphatic heterocycles. The van der Waals surface area contributed by atoms with E-state index in [9.17, 15) is 4.79 Å². The second-order valence-electron chi connectivity index (χ2n) is 3.81. The van der Waals surface area contributed by atoms with Crippen LogP contribution >= 0.6 is 0 Å². The van der Waals surface area contributed by atoms with Crippen molar-refractivity contribution < 1.29 is 4.79 Å². The summed E-state index contributed by atoms with van der Waals surface area (Å²) < 4.78 is 0. The van der Waals surface area contributed by atoms with Gasteiger partial charge < -0.3 is 10.6 Å². The quantitative estimate of drug-likeness (QED) is 0.703. The fraction of sp³-hybridized carbons (Fsp3) is 0.500. The van der Waals surface area contributed by atoms with Gasteiger partial charge in [-0.2, -0.15) is 10.2 Å². The molecule has 0 spiro atoms. The normalized spacial score (nSPS) is 15.9. The molecule has 1 saturated heterocycles. The number of hydrogen-bond acceptors (Lipinski definition) is 4. The van der Waals surface area contributed by atoms with Crippen molar-refractivity contribution in [2.75, 3.05) is 13.1 Å². The van der Waals surface area contributed by atoms with E-state index >= 15 is 0 Å². The fourth-order valence-electron chi connectivity index (χ4n) is 1.43. The van der Waals surface area contributed by atoms with Gasteiger partial charge in [0.05, 0.1) is 23.0 Å². The van der Waals surface area contributed by atoms with E-state index in [1.165, 1.54) is 0 Å². The fourth-order valence-corrected chi connectivity index (χ4v) is 1.43. The third kappa shape index (κ3) is 2.12. The molecule has 0 unspecified atom stereocenters. The van der Waals surface area contributed by atoms with Gasteiger partial charge in [-0.05, 0) is 19.9 Å². The lowest BCUT2D eigenvalue weighted by molar-refractivity contribution is 0.0922. The summed E-state index contributed by atoms with van der Waals surface area (Å²) >= 11 is 0. The van der Waals surface area contributed by atoms with Crippen LogP contribution in [0.4, 0.5) is 0 Å². The first-order chi connectivity index (χ1) is 7.16. The zero-order chi connectivity index (χ0) is 10.8. The zero-order valence-corrected chi connectivity index (χ0v) is 8.87. The Labute approximate surface area is 88.3 Å². The molecule has 0 atom stereocenters. The molecule has 5 heteroatoms. The first kappa shape index (κ1) is 10.0. The van der Waals surface area contributed by atoms with Gasteiger partial charge in [0.1, 0.15) is 0 Å². The van der Waals surface area contributed by atoms with Crippen LogP contribution in [0.1, 0.15) is 21.7 Å². The van der Waals surface area contributed by atoms with E-state index in [1.807, 2.05) is 6.92 Å². The van der Waals surface area contributed by atoms with E-state index in [1.54, 1.807) is 13.0 Å². The van der Waals surface area contributed by atoms with Gasteiger partial charge in [-0.1, -0.05) is 0 Å². The lowest BCUT2D eigenvalue weighted by Gasteiger charge is -2.28. The van der Waals surface area contributed by atoms with Crippen LogP contribution in [-0.2, 0) is 0 Å². The molecule has 5 nitrogen and oxygen atoms in total. The van der Waals surface area contributed by atoms with Crippen LogP contribution in [-0.4, -0.2) is 35.2 Å². The second kappa shape index (κ2) is 3.94. The average Bonchev–Trinajstić information content (AvgIpc) is 2.15. The number of nitrogens with one attached hydrogen (secondary N) is 2. The van der Waals surface area contributed by atoms with Crippen molar-refractivity contribution in [3.63, 3.8) is 0 Å². The number of amides is 1. The van der Waals surface area contributed by atoms with Crippen LogP contribution in [0.15, 0.2) is 6.07 Å². The first-order valence-corrected chi connectivity index (χ1v) is 4.99. The maximum atomic E-state index is 11.8. The Kier molecular flexibility index (Phi) is 2.64. The summed E-state index contributed by atoms with van der Waals surface area (Å²) in [4.78, 5) is 11.8. The molecule has 1 aromatic heterocycles. The van der Waals surface area contributed by atoms with Gasteiger partial charge in [-0.25, -0.2) is 0 Å². The molecule has 80 valence electrons. The Hall–Kier alpha value is -1.49. The number of aromatic nitrogens is 2. The van der Waals surface area contributed by atoms with Crippen LogP contribution in [0.25, 0.3) is 0 Å². The predicted octanol–water partition coefficient (Wildman–Crippen LogP) is -0.205. The lowest BCUT2D eigenvalue weighted by atomic mass is 10.1. The highest BCUT2D eigenvalue weighted by atomic mass is 16.1. The van der Waals surface area contributed by atoms with Gasteiger partial charge in [-0.15, -0.1) is 0 Å². The molecule has 1 fully saturated rings. The molecule has 2 heterocycles. The average molecular weight is 206 g/mol. The summed E-state index contributed by atoms with van der Waals surface area (Å²) in [5, 5.41) is 13.8. The van der Waals surface area contributed by atoms with Crippen molar-refractivity contribution in [1.29, 1.82) is 0 Å². The number of hydrogen-bond donors (Lipinski definition) is 2. The lowest BCUT2D eigenvalue weighted by Crippen LogP contribution is -2.57. The van der Waals surface area contributed by atoms with E-state index in [0.717, 1.165) is 18.8 Å². The van der Waals surface area contributed by atoms with Crippen molar-refractivity contribution >= 4 is 5.91 Å². The molecule has 1 aliphatic rings. The molecular weight excluding hydrogens is 192 g/mol. The van der Waals surface area contributed by atoms with Crippen LogP contribution in [0.3, 0.4) is 0 Å². The molecule has 0 saturated carbocycles. The van der Waals surface area contributed by atoms with E-state index in [0.29, 0.717) is 11.3 Å². The maximum Gasteiger partial charge on any atom is 0.253 e. The molecule has 0 radical (unpaired) electrons. The number of carbonyl (C=O) groups is 1. The van der Waals surface area contributed by atoms with Crippen molar-refractivity contribution in [3.8, 4) is 0 Å². The smallest absolute Gasteiger partial charge is 0.253 e. The summed E-state index contributed by atoms with van der Waals surface area (Å²) in [6.07, 6.45) is 0. The highest BCUT2D eigenvalue weighted by molar-refractivity contribution is 5.95. The summed E-state index contributed by atoms with van der Waals surface area (Å²) in [7, 11) is 0. The predicted molar refractivity (Wildman–Crippen MR) is 55.6 cm³/mol. The van der Waals surface area contributed by atoms with Gasteiger partial charge >= 0.3 is 0 Å². The molecule has 2 rings (SSSR count). The largest absolute Gasteiger partial charge is 0.347 e. The summed E-state index contributed by atoms with van der Waals surface area (Å²) in [6, 6.07) is 2.02. The first-order valence-electron chi connectivity index (χ1n) is 4.99. The minimum atomic E-state index is -0.0583. The Balaban J connectivity index is 2.12. The van der Waals surface area contributed by atoms with E-state index in [2.05, 4.69) is 20.8 Å². The SMILES string of the molecule is Cc1cc(C(=O)NC2CNC2)c(C)nn1. The van der Waals surface area contributed by atoms with E-state index in [-0.39, 0.29) is 11.9 Å². The van der Waals surface area contributed by atoms with Crippen LogP contribution in [0, 0.1) is 13.8 Å². The number of aryl methyl sites for hydroxylation is 2. The van der Waals surface area contributed by atoms with Crippen molar-refractivity contribution in [2.45, 2.75) is 19.9 Å². The third-order valence-electron chi connectivity index (χ3n) is 2.46. The highest BCUT2D eigenvalue weighted by Gasteiger charge is 2.20. The molecule has 1 amide bonds. The number of rotatable bonds is 2. The van der Waals surface area contributed by atoms with Gasteiger partial charge in [0, 0.05) is 13.1 Å². The molecule has 1 aromatic rings. The Morgan fingerprint density at radius 1 is 1.47 bits per heavy atom. The van der Waals surface area contributed by atoms with Crippen LogP contribution < -0.4 is 10.6 Å². The van der Waals surface area contributed by atoms with Crippen LogP contribution in [0.5, 0.6) is 0 Å². The summed E-state index contributed by atoms with van der Waals surface area (Å²) in [6.45, 7) is 5.32. The Bertz CT molecular complexity index is 387. The maximum absolute atomic E-state index is 11.8. The zero-order valence-electron chi connectivity index (χ0n) is 8.87. The number of nitrogens with zero attached hydrogens (tertiary/aromatic N) is 2. The van der Waals surface area contributed by atoms with Crippen molar-refractivity contribution in [3.05, 3.63) is 23.0 Å². The van der Waals surface area contributed by atoms with Gasteiger partial charge in [-0.3, -0.25) is 4.79 Å². The Morgan fingerprint density at radius 3 is 2.80 bits per heavy atom. The molecule has 2 N–H and O–H groups in total. The Morgan fingerprint density at radius 2 is 2.20 bits per heavy atom. The minimum absolute atomic E-state index is 0.0583. The van der Waals surface area contributed by atoms with Gasteiger partial charge in [0.2, 0.25) is 0 Å². The molecule has 15 heavy (non-hydrogen) atoms. The standard InChI is InChI=1S/C10H14N4O/c1-6-3-9(7(2)14-13-6)10(15)12-8-4-11-5-8/h3,8,11H,4-5H2,1-2H3,(H,12,15). The minimum Gasteiger partial charge on any atom is -0.347 e. The van der Waals surface area contributed by atoms with Gasteiger partial charge in [0.15, 0.2) is 0 Å².